The van der Waals surface area contributed by atoms with Gasteiger partial charge in [-0.25, -0.2) is 4.73 Å². The van der Waals surface area contributed by atoms with E-state index in [2.05, 4.69) is 10.2 Å². The molecule has 0 radical (unpaired) electrons. The van der Waals surface area contributed by atoms with Crippen LogP contribution in [0.3, 0.4) is 0 Å². The van der Waals surface area contributed by atoms with E-state index < -0.39 is 5.60 Å². The van der Waals surface area contributed by atoms with Gasteiger partial charge in [0.25, 0.3) is 0 Å². The lowest BCUT2D eigenvalue weighted by atomic mass is 9.69. The topological polar surface area (TPSA) is 62.0 Å². The molecule has 5 rings (SSSR count). The average molecular weight is 332 g/mol. The summed E-state index contributed by atoms with van der Waals surface area (Å²) in [6, 6.07) is 7.13. The van der Waals surface area contributed by atoms with Gasteiger partial charge in [0, 0.05) is 5.02 Å². The van der Waals surface area contributed by atoms with Gasteiger partial charge in [0.05, 0.1) is 22.2 Å². The van der Waals surface area contributed by atoms with E-state index in [1.807, 2.05) is 26.8 Å². The zero-order valence-corrected chi connectivity index (χ0v) is 14.1. The molecule has 2 aliphatic heterocycles. The number of nitrogens with zero attached hydrogens (tertiary/aromatic N) is 3. The molecule has 0 amide bonds. The molecule has 3 aliphatic rings. The Morgan fingerprint density at radius 3 is 2.78 bits per heavy atom. The lowest BCUT2D eigenvalue weighted by Crippen LogP contribution is -2.58. The van der Waals surface area contributed by atoms with Crippen molar-refractivity contribution in [1.82, 2.24) is 10.2 Å². The Bertz CT molecular complexity index is 808. The van der Waals surface area contributed by atoms with Gasteiger partial charge >= 0.3 is 5.82 Å². The summed E-state index contributed by atoms with van der Waals surface area (Å²) in [5.74, 6) is 0.309. The molecule has 0 N–H and O–H groups in total. The summed E-state index contributed by atoms with van der Waals surface area (Å²) in [5, 5.41) is 22.2. The van der Waals surface area contributed by atoms with Crippen molar-refractivity contribution in [1.29, 1.82) is 0 Å². The van der Waals surface area contributed by atoms with E-state index in [-0.39, 0.29) is 11.5 Å². The summed E-state index contributed by atoms with van der Waals surface area (Å²) >= 11 is 6.04. The first-order chi connectivity index (χ1) is 10.8. The fourth-order valence-electron chi connectivity index (χ4n) is 3.99. The second-order valence-corrected chi connectivity index (χ2v) is 7.53. The third-order valence-electron chi connectivity index (χ3n) is 5.05. The van der Waals surface area contributed by atoms with E-state index in [4.69, 9.17) is 16.3 Å². The number of hydrogen-bond acceptors (Lipinski definition) is 4. The van der Waals surface area contributed by atoms with Gasteiger partial charge in [-0.1, -0.05) is 17.7 Å². The maximum Gasteiger partial charge on any atom is 0.361 e. The smallest absolute Gasteiger partial charge is 0.361 e. The first-order valence-corrected chi connectivity index (χ1v) is 8.16. The van der Waals surface area contributed by atoms with Crippen molar-refractivity contribution in [2.24, 2.45) is 0 Å². The predicted octanol–water partition coefficient (Wildman–Crippen LogP) is 3.33. The van der Waals surface area contributed by atoms with Crippen LogP contribution in [0.2, 0.25) is 5.02 Å². The Kier molecular flexibility index (Phi) is 3.00. The van der Waals surface area contributed by atoms with Crippen LogP contribution in [0.1, 0.15) is 50.9 Å². The number of ether oxygens (including phenoxy) is 1. The molecule has 1 aromatic carbocycles. The fourth-order valence-corrected chi connectivity index (χ4v) is 4.18. The van der Waals surface area contributed by atoms with Crippen LogP contribution in [-0.4, -0.2) is 15.8 Å². The first kappa shape index (κ1) is 14.8. The van der Waals surface area contributed by atoms with E-state index in [0.717, 1.165) is 17.6 Å². The molecule has 6 heteroatoms. The lowest BCUT2D eigenvalue weighted by Gasteiger charge is -2.52. The molecule has 2 aromatic rings. The summed E-state index contributed by atoms with van der Waals surface area (Å²) in [7, 11) is 0. The number of hydrogen-bond donors (Lipinski definition) is 0. The highest BCUT2D eigenvalue weighted by atomic mass is 35.5. The minimum Gasteiger partial charge on any atom is -0.710 e. The summed E-state index contributed by atoms with van der Waals surface area (Å²) in [5.41, 5.74) is 1.11. The summed E-state index contributed by atoms with van der Waals surface area (Å²) in [6.07, 6.45) is 1.78. The molecule has 2 unspecified atom stereocenters. The van der Waals surface area contributed by atoms with Crippen molar-refractivity contribution in [3.05, 3.63) is 45.9 Å². The monoisotopic (exact) mass is 331 g/mol. The Hall–Kier alpha value is -1.72. The normalized spacial score (nSPS) is 27.7. The molecule has 2 atom stereocenters. The standard InChI is InChI=1S/C17H18ClN3O2/c1-16(2)12-7-8-17(3,23-16)14-13(12)21(22)15(20-19-14)10-5-4-6-11(18)9-10/h4-6,9,12H,7-8H2,1-3H3. The number of benzene rings is 1. The van der Waals surface area contributed by atoms with E-state index in [1.165, 1.54) is 0 Å². The van der Waals surface area contributed by atoms with Crippen LogP contribution in [0, 0.1) is 5.21 Å². The summed E-state index contributed by atoms with van der Waals surface area (Å²) in [6.45, 7) is 6.08. The minimum atomic E-state index is -0.542. The maximum atomic E-state index is 13.1. The minimum absolute atomic E-state index is 0.0188. The second-order valence-electron chi connectivity index (χ2n) is 7.09. The molecule has 1 aliphatic carbocycles. The third kappa shape index (κ3) is 2.07. The molecule has 2 bridgehead atoms. The Morgan fingerprint density at radius 2 is 2.09 bits per heavy atom. The van der Waals surface area contributed by atoms with Gasteiger partial charge < -0.3 is 9.94 Å². The van der Waals surface area contributed by atoms with Gasteiger partial charge in [0.15, 0.2) is 5.69 Å². The summed E-state index contributed by atoms with van der Waals surface area (Å²) in [4.78, 5) is 0. The molecule has 120 valence electrons. The first-order valence-electron chi connectivity index (χ1n) is 7.78. The van der Waals surface area contributed by atoms with Crippen molar-refractivity contribution in [2.45, 2.75) is 50.7 Å². The predicted molar refractivity (Wildman–Crippen MR) is 85.9 cm³/mol. The zero-order chi connectivity index (χ0) is 16.4. The van der Waals surface area contributed by atoms with Crippen LogP contribution in [0.4, 0.5) is 0 Å². The highest BCUT2D eigenvalue weighted by Gasteiger charge is 2.56. The van der Waals surface area contributed by atoms with E-state index in [1.54, 1.807) is 18.2 Å². The number of fused-ring (bicyclic) bond motifs is 2. The van der Waals surface area contributed by atoms with Crippen molar-refractivity contribution in [3.8, 4) is 11.4 Å². The van der Waals surface area contributed by atoms with Gasteiger partial charge in [0.2, 0.25) is 0 Å². The van der Waals surface area contributed by atoms with Gasteiger partial charge in [-0.3, -0.25) is 0 Å². The van der Waals surface area contributed by atoms with E-state index in [9.17, 15) is 5.21 Å². The number of aromatic nitrogens is 3. The quantitative estimate of drug-likeness (QED) is 0.594. The largest absolute Gasteiger partial charge is 0.710 e. The number of halogens is 1. The Morgan fingerprint density at radius 1 is 1.30 bits per heavy atom. The molecule has 1 aromatic heterocycles. The van der Waals surface area contributed by atoms with Crippen LogP contribution < -0.4 is 4.73 Å². The molecule has 0 saturated carbocycles. The zero-order valence-electron chi connectivity index (χ0n) is 13.3. The molecular formula is C17H18ClN3O2. The maximum absolute atomic E-state index is 13.1. The van der Waals surface area contributed by atoms with Gasteiger partial charge in [0.1, 0.15) is 11.3 Å². The van der Waals surface area contributed by atoms with Crippen LogP contribution in [0.5, 0.6) is 0 Å². The van der Waals surface area contributed by atoms with Gasteiger partial charge in [-0.05, 0) is 56.9 Å². The Labute approximate surface area is 139 Å². The molecule has 23 heavy (non-hydrogen) atoms. The van der Waals surface area contributed by atoms with Crippen LogP contribution in [-0.2, 0) is 10.3 Å². The second kappa shape index (κ2) is 4.65. The van der Waals surface area contributed by atoms with E-state index >= 15 is 0 Å². The van der Waals surface area contributed by atoms with Crippen LogP contribution >= 0.6 is 11.6 Å². The van der Waals surface area contributed by atoms with Crippen LogP contribution in [0.15, 0.2) is 24.3 Å². The molecule has 0 spiro atoms. The van der Waals surface area contributed by atoms with Gasteiger partial charge in [-0.15, -0.1) is 0 Å². The number of rotatable bonds is 1. The molecular weight excluding hydrogens is 314 g/mol. The third-order valence-corrected chi connectivity index (χ3v) is 5.28. The molecule has 1 saturated heterocycles. The molecule has 3 heterocycles. The fraction of sp³-hybridized carbons (Fsp3) is 0.471. The van der Waals surface area contributed by atoms with Crippen molar-refractivity contribution < 1.29 is 9.47 Å². The summed E-state index contributed by atoms with van der Waals surface area (Å²) < 4.78 is 7.16. The van der Waals surface area contributed by atoms with Crippen molar-refractivity contribution >= 4 is 11.6 Å². The molecule has 5 nitrogen and oxygen atoms in total. The SMILES string of the molecule is CC12CCC(c3c1nnc(-c1cccc(Cl)c1)[n+]3[O-])C(C)(C)O2. The highest BCUT2D eigenvalue weighted by Crippen LogP contribution is 2.54. The van der Waals surface area contributed by atoms with E-state index in [0.29, 0.717) is 27.8 Å². The van der Waals surface area contributed by atoms with Crippen LogP contribution in [0.25, 0.3) is 11.4 Å². The highest BCUT2D eigenvalue weighted by molar-refractivity contribution is 6.30. The van der Waals surface area contributed by atoms with Crippen molar-refractivity contribution in [2.75, 3.05) is 0 Å². The van der Waals surface area contributed by atoms with Crippen molar-refractivity contribution in [3.63, 3.8) is 0 Å². The Balaban J connectivity index is 1.95. The lowest BCUT2D eigenvalue weighted by molar-refractivity contribution is -0.613. The molecule has 1 fully saturated rings. The average Bonchev–Trinajstić information content (AvgIpc) is 2.46. The van der Waals surface area contributed by atoms with Gasteiger partial charge in [-0.2, -0.15) is 0 Å².